The molecule has 0 radical (unpaired) electrons. The van der Waals surface area contributed by atoms with Crippen molar-refractivity contribution in [3.8, 4) is 0 Å². The molecule has 0 aliphatic carbocycles. The number of nitrogens with one attached hydrogen (secondary N) is 1. The fraction of sp³-hybridized carbons (Fsp3) is 0.346. The Kier molecular flexibility index (Phi) is 6.40. The molecule has 2 amide bonds. The van der Waals surface area contributed by atoms with E-state index in [2.05, 4.69) is 16.5 Å². The molecule has 1 fully saturated rings. The fourth-order valence-electron chi connectivity index (χ4n) is 4.26. The third-order valence-electron chi connectivity index (χ3n) is 6.10. The van der Waals surface area contributed by atoms with E-state index in [-0.39, 0.29) is 17.7 Å². The Morgan fingerprint density at radius 1 is 1.00 bits per heavy atom. The van der Waals surface area contributed by atoms with Gasteiger partial charge in [0.05, 0.1) is 12.2 Å². The SMILES string of the molecule is Cc1ccc(C(=O)C2CCN(C(=O)Nc3cccc(Cn4nc(C)cc4C)c3)CC2)cc1. The van der Waals surface area contributed by atoms with Crippen molar-refractivity contribution in [3.05, 3.63) is 82.7 Å². The molecule has 4 rings (SSSR count). The second-order valence-corrected chi connectivity index (χ2v) is 8.71. The van der Waals surface area contributed by atoms with Gasteiger partial charge in [-0.2, -0.15) is 5.10 Å². The van der Waals surface area contributed by atoms with Crippen molar-refractivity contribution in [1.82, 2.24) is 14.7 Å². The number of carbonyl (C=O) groups is 2. The van der Waals surface area contributed by atoms with Gasteiger partial charge in [-0.3, -0.25) is 9.48 Å². The summed E-state index contributed by atoms with van der Waals surface area (Å²) in [5.74, 6) is 0.160. The van der Waals surface area contributed by atoms with E-state index in [4.69, 9.17) is 0 Å². The molecule has 1 aliphatic heterocycles. The van der Waals surface area contributed by atoms with Crippen molar-refractivity contribution in [3.63, 3.8) is 0 Å². The molecule has 2 aromatic carbocycles. The summed E-state index contributed by atoms with van der Waals surface area (Å²) in [6, 6.07) is 17.5. The highest BCUT2D eigenvalue weighted by Crippen LogP contribution is 2.23. The van der Waals surface area contributed by atoms with Crippen LogP contribution in [0.1, 0.15) is 45.7 Å². The molecule has 0 spiro atoms. The standard InChI is InChI=1S/C26H30N4O2/c1-18-7-9-22(10-8-18)25(31)23-11-13-29(14-12-23)26(32)27-24-6-4-5-21(16-24)17-30-20(3)15-19(2)28-30/h4-10,15-16,23H,11-14,17H2,1-3H3,(H,27,32). The lowest BCUT2D eigenvalue weighted by atomic mass is 9.89. The summed E-state index contributed by atoms with van der Waals surface area (Å²) < 4.78 is 1.96. The molecule has 1 aliphatic rings. The predicted molar refractivity (Wildman–Crippen MR) is 126 cm³/mol. The number of rotatable bonds is 5. The number of Topliss-reactive ketones (excluding diaryl/α,β-unsaturated/α-hetero) is 1. The lowest BCUT2D eigenvalue weighted by molar-refractivity contribution is 0.0859. The van der Waals surface area contributed by atoms with Gasteiger partial charge < -0.3 is 10.2 Å². The fourth-order valence-corrected chi connectivity index (χ4v) is 4.26. The molecule has 0 bridgehead atoms. The van der Waals surface area contributed by atoms with E-state index in [0.29, 0.717) is 32.5 Å². The number of likely N-dealkylation sites (tertiary alicyclic amines) is 1. The summed E-state index contributed by atoms with van der Waals surface area (Å²) in [5, 5.41) is 7.52. The van der Waals surface area contributed by atoms with Gasteiger partial charge in [-0.05, 0) is 57.4 Å². The molecule has 166 valence electrons. The first-order valence-electron chi connectivity index (χ1n) is 11.2. The Morgan fingerprint density at radius 2 is 1.72 bits per heavy atom. The largest absolute Gasteiger partial charge is 0.324 e. The maximum absolute atomic E-state index is 12.8. The van der Waals surface area contributed by atoms with Crippen LogP contribution in [0, 0.1) is 26.7 Å². The summed E-state index contributed by atoms with van der Waals surface area (Å²) in [6.07, 6.45) is 1.39. The van der Waals surface area contributed by atoms with Crippen LogP contribution >= 0.6 is 0 Å². The van der Waals surface area contributed by atoms with E-state index in [0.717, 1.165) is 33.8 Å². The number of urea groups is 1. The molecular formula is C26H30N4O2. The maximum Gasteiger partial charge on any atom is 0.321 e. The van der Waals surface area contributed by atoms with Crippen molar-refractivity contribution in [2.75, 3.05) is 18.4 Å². The molecule has 3 aromatic rings. The smallest absolute Gasteiger partial charge is 0.321 e. The number of aryl methyl sites for hydroxylation is 3. The highest BCUT2D eigenvalue weighted by Gasteiger charge is 2.28. The molecule has 0 unspecified atom stereocenters. The Balaban J connectivity index is 1.32. The van der Waals surface area contributed by atoms with E-state index in [1.807, 2.05) is 74.0 Å². The Labute approximate surface area is 189 Å². The van der Waals surface area contributed by atoms with Crippen LogP contribution in [-0.2, 0) is 6.54 Å². The minimum Gasteiger partial charge on any atom is -0.324 e. The number of hydrogen-bond acceptors (Lipinski definition) is 3. The van der Waals surface area contributed by atoms with E-state index in [9.17, 15) is 9.59 Å². The molecule has 1 N–H and O–H groups in total. The highest BCUT2D eigenvalue weighted by atomic mass is 16.2. The van der Waals surface area contributed by atoms with E-state index in [1.165, 1.54) is 0 Å². The van der Waals surface area contributed by atoms with E-state index >= 15 is 0 Å². The second-order valence-electron chi connectivity index (χ2n) is 8.71. The molecule has 0 atom stereocenters. The number of aromatic nitrogens is 2. The van der Waals surface area contributed by atoms with Crippen molar-refractivity contribution in [2.24, 2.45) is 5.92 Å². The van der Waals surface area contributed by atoms with Crippen LogP contribution in [0.3, 0.4) is 0 Å². The summed E-state index contributed by atoms with van der Waals surface area (Å²) in [6.45, 7) is 7.87. The first-order chi connectivity index (χ1) is 15.4. The summed E-state index contributed by atoms with van der Waals surface area (Å²) in [7, 11) is 0. The number of benzene rings is 2. The third kappa shape index (κ3) is 5.07. The normalized spacial score (nSPS) is 14.4. The minimum atomic E-state index is -0.116. The molecule has 1 saturated heterocycles. The lowest BCUT2D eigenvalue weighted by Gasteiger charge is -2.31. The van der Waals surface area contributed by atoms with Crippen LogP contribution in [0.15, 0.2) is 54.6 Å². The first-order valence-corrected chi connectivity index (χ1v) is 11.2. The van der Waals surface area contributed by atoms with Crippen molar-refractivity contribution in [1.29, 1.82) is 0 Å². The van der Waals surface area contributed by atoms with Crippen LogP contribution in [0.2, 0.25) is 0 Å². The van der Waals surface area contributed by atoms with Gasteiger partial charge in [-0.1, -0.05) is 42.0 Å². The van der Waals surface area contributed by atoms with Gasteiger partial charge >= 0.3 is 6.03 Å². The monoisotopic (exact) mass is 430 g/mol. The maximum atomic E-state index is 12.8. The predicted octanol–water partition coefficient (Wildman–Crippen LogP) is 4.98. The summed E-state index contributed by atoms with van der Waals surface area (Å²) >= 11 is 0. The zero-order valence-electron chi connectivity index (χ0n) is 19.0. The van der Waals surface area contributed by atoms with E-state index in [1.54, 1.807) is 4.90 Å². The van der Waals surface area contributed by atoms with Crippen LogP contribution < -0.4 is 5.32 Å². The van der Waals surface area contributed by atoms with Gasteiger partial charge in [0, 0.05) is 36.0 Å². The topological polar surface area (TPSA) is 67.2 Å². The van der Waals surface area contributed by atoms with Gasteiger partial charge in [0.1, 0.15) is 0 Å². The third-order valence-corrected chi connectivity index (χ3v) is 6.10. The Hall–Kier alpha value is -3.41. The Bertz CT molecular complexity index is 1110. The van der Waals surface area contributed by atoms with Crippen molar-refractivity contribution in [2.45, 2.75) is 40.2 Å². The number of nitrogens with zero attached hydrogens (tertiary/aromatic N) is 3. The summed E-state index contributed by atoms with van der Waals surface area (Å²) in [4.78, 5) is 27.4. The first kappa shape index (κ1) is 21.8. The Morgan fingerprint density at radius 3 is 2.38 bits per heavy atom. The number of ketones is 1. The van der Waals surface area contributed by atoms with Gasteiger partial charge in [-0.25, -0.2) is 4.79 Å². The van der Waals surface area contributed by atoms with Gasteiger partial charge in [-0.15, -0.1) is 0 Å². The zero-order chi connectivity index (χ0) is 22.7. The molecule has 32 heavy (non-hydrogen) atoms. The molecule has 1 aromatic heterocycles. The molecular weight excluding hydrogens is 400 g/mol. The highest BCUT2D eigenvalue weighted by molar-refractivity contribution is 5.98. The lowest BCUT2D eigenvalue weighted by Crippen LogP contribution is -2.42. The average Bonchev–Trinajstić information content (AvgIpc) is 3.10. The van der Waals surface area contributed by atoms with E-state index < -0.39 is 0 Å². The van der Waals surface area contributed by atoms with Gasteiger partial charge in [0.25, 0.3) is 0 Å². The zero-order valence-corrected chi connectivity index (χ0v) is 19.0. The average molecular weight is 431 g/mol. The van der Waals surface area contributed by atoms with Crippen molar-refractivity contribution < 1.29 is 9.59 Å². The quantitative estimate of drug-likeness (QED) is 0.580. The number of piperidine rings is 1. The van der Waals surface area contributed by atoms with Gasteiger partial charge in [0.15, 0.2) is 5.78 Å². The van der Waals surface area contributed by atoms with Crippen LogP contribution in [0.5, 0.6) is 0 Å². The molecule has 2 heterocycles. The van der Waals surface area contributed by atoms with Crippen LogP contribution in [-0.4, -0.2) is 39.6 Å². The minimum absolute atomic E-state index is 0.0224. The number of amides is 2. The number of anilines is 1. The van der Waals surface area contributed by atoms with Crippen molar-refractivity contribution >= 4 is 17.5 Å². The molecule has 6 nitrogen and oxygen atoms in total. The van der Waals surface area contributed by atoms with Gasteiger partial charge in [0.2, 0.25) is 0 Å². The second kappa shape index (κ2) is 9.39. The van der Waals surface area contributed by atoms with Crippen LogP contribution in [0.25, 0.3) is 0 Å². The molecule has 0 saturated carbocycles. The molecule has 6 heteroatoms. The number of carbonyl (C=O) groups excluding carboxylic acids is 2. The number of hydrogen-bond donors (Lipinski definition) is 1. The van der Waals surface area contributed by atoms with Crippen LogP contribution in [0.4, 0.5) is 10.5 Å². The summed E-state index contributed by atoms with van der Waals surface area (Å²) in [5.41, 5.74) is 5.87.